The van der Waals surface area contributed by atoms with Crippen molar-refractivity contribution >= 4 is 28.9 Å². The van der Waals surface area contributed by atoms with Crippen LogP contribution in [0.25, 0.3) is 0 Å². The summed E-state index contributed by atoms with van der Waals surface area (Å²) in [6.07, 6.45) is 6.39. The summed E-state index contributed by atoms with van der Waals surface area (Å²) in [5.41, 5.74) is 2.01. The average molecular weight is 259 g/mol. The molecule has 0 amide bonds. The zero-order valence-electron chi connectivity index (χ0n) is 9.39. The molecule has 1 fully saturated rings. The SMILES string of the molecule is Cc1cc(Cl)nc(Cl)c1NC1CCCCC1. The molecule has 0 aliphatic heterocycles. The minimum atomic E-state index is 0.455. The van der Waals surface area contributed by atoms with Gasteiger partial charge in [-0.25, -0.2) is 4.98 Å². The van der Waals surface area contributed by atoms with Crippen molar-refractivity contribution in [1.82, 2.24) is 4.98 Å². The molecule has 2 rings (SSSR count). The van der Waals surface area contributed by atoms with Crippen LogP contribution in [0.2, 0.25) is 10.3 Å². The largest absolute Gasteiger partial charge is 0.380 e. The molecule has 2 nitrogen and oxygen atoms in total. The van der Waals surface area contributed by atoms with Gasteiger partial charge in [0.2, 0.25) is 0 Å². The maximum Gasteiger partial charge on any atom is 0.154 e. The van der Waals surface area contributed by atoms with Crippen LogP contribution in [0.4, 0.5) is 5.69 Å². The lowest BCUT2D eigenvalue weighted by Gasteiger charge is -2.25. The number of aromatic nitrogens is 1. The first-order chi connectivity index (χ1) is 7.66. The zero-order valence-corrected chi connectivity index (χ0v) is 10.9. The van der Waals surface area contributed by atoms with Crippen molar-refractivity contribution in [2.45, 2.75) is 45.1 Å². The summed E-state index contributed by atoms with van der Waals surface area (Å²) < 4.78 is 0. The van der Waals surface area contributed by atoms with Crippen LogP contribution in [0.5, 0.6) is 0 Å². The summed E-state index contributed by atoms with van der Waals surface area (Å²) in [7, 11) is 0. The van der Waals surface area contributed by atoms with Crippen LogP contribution in [-0.4, -0.2) is 11.0 Å². The number of aryl methyl sites for hydroxylation is 1. The Hall–Kier alpha value is -0.470. The lowest BCUT2D eigenvalue weighted by atomic mass is 9.95. The highest BCUT2D eigenvalue weighted by molar-refractivity contribution is 6.34. The predicted octanol–water partition coefficient (Wildman–Crippen LogP) is 4.44. The first-order valence-electron chi connectivity index (χ1n) is 5.76. The molecule has 4 heteroatoms. The van der Waals surface area contributed by atoms with E-state index in [-0.39, 0.29) is 0 Å². The van der Waals surface area contributed by atoms with E-state index in [0.717, 1.165) is 11.3 Å². The molecule has 1 saturated carbocycles. The van der Waals surface area contributed by atoms with Gasteiger partial charge in [-0.2, -0.15) is 0 Å². The lowest BCUT2D eigenvalue weighted by molar-refractivity contribution is 0.462. The first kappa shape index (κ1) is 12.0. The van der Waals surface area contributed by atoms with Gasteiger partial charge in [-0.1, -0.05) is 42.5 Å². The number of halogens is 2. The Balaban J connectivity index is 2.14. The van der Waals surface area contributed by atoms with E-state index in [1.807, 2.05) is 13.0 Å². The molecule has 0 spiro atoms. The molecule has 1 aliphatic carbocycles. The molecule has 0 saturated heterocycles. The molecule has 0 aromatic carbocycles. The van der Waals surface area contributed by atoms with Crippen molar-refractivity contribution in [2.75, 3.05) is 5.32 Å². The van der Waals surface area contributed by atoms with Crippen LogP contribution in [0, 0.1) is 6.92 Å². The summed E-state index contributed by atoms with van der Waals surface area (Å²) in [5, 5.41) is 4.43. The van der Waals surface area contributed by atoms with Crippen molar-refractivity contribution < 1.29 is 0 Å². The standard InChI is InChI=1S/C12H16Cl2N2/c1-8-7-10(13)16-12(14)11(8)15-9-5-3-2-4-6-9/h7,9,15H,2-6H2,1H3. The van der Waals surface area contributed by atoms with Gasteiger partial charge in [-0.05, 0) is 31.4 Å². The predicted molar refractivity (Wildman–Crippen MR) is 69.5 cm³/mol. The van der Waals surface area contributed by atoms with Crippen molar-refractivity contribution in [2.24, 2.45) is 0 Å². The molecule has 1 heterocycles. The third-order valence-electron chi connectivity index (χ3n) is 3.09. The second-order valence-electron chi connectivity index (χ2n) is 4.41. The van der Waals surface area contributed by atoms with Crippen molar-refractivity contribution in [1.29, 1.82) is 0 Å². The minimum Gasteiger partial charge on any atom is -0.380 e. The minimum absolute atomic E-state index is 0.455. The number of hydrogen-bond donors (Lipinski definition) is 1. The van der Waals surface area contributed by atoms with Crippen LogP contribution in [0.1, 0.15) is 37.7 Å². The van der Waals surface area contributed by atoms with Crippen molar-refractivity contribution in [3.05, 3.63) is 21.9 Å². The molecule has 88 valence electrons. The summed E-state index contributed by atoms with van der Waals surface area (Å²) in [4.78, 5) is 4.07. The average Bonchev–Trinajstić information content (AvgIpc) is 2.25. The van der Waals surface area contributed by atoms with E-state index in [1.165, 1.54) is 32.1 Å². The van der Waals surface area contributed by atoms with E-state index in [1.54, 1.807) is 0 Å². The maximum atomic E-state index is 6.10. The van der Waals surface area contributed by atoms with Gasteiger partial charge in [0.25, 0.3) is 0 Å². The van der Waals surface area contributed by atoms with Gasteiger partial charge in [0.05, 0.1) is 5.69 Å². The first-order valence-corrected chi connectivity index (χ1v) is 6.51. The van der Waals surface area contributed by atoms with E-state index < -0.39 is 0 Å². The summed E-state index contributed by atoms with van der Waals surface area (Å²) in [6.45, 7) is 2.00. The number of hydrogen-bond acceptors (Lipinski definition) is 2. The fourth-order valence-electron chi connectivity index (χ4n) is 2.22. The second-order valence-corrected chi connectivity index (χ2v) is 5.15. The highest BCUT2D eigenvalue weighted by Crippen LogP contribution is 2.29. The van der Waals surface area contributed by atoms with E-state index in [2.05, 4.69) is 10.3 Å². The van der Waals surface area contributed by atoms with Gasteiger partial charge in [0.1, 0.15) is 5.15 Å². The van der Waals surface area contributed by atoms with Gasteiger partial charge in [0.15, 0.2) is 5.15 Å². The normalized spacial score (nSPS) is 17.4. The molecule has 16 heavy (non-hydrogen) atoms. The van der Waals surface area contributed by atoms with Crippen molar-refractivity contribution in [3.63, 3.8) is 0 Å². The molecule has 0 radical (unpaired) electrons. The fourth-order valence-corrected chi connectivity index (χ4v) is 2.81. The van der Waals surface area contributed by atoms with Crippen LogP contribution >= 0.6 is 23.2 Å². The molecule has 1 aromatic heterocycles. The zero-order chi connectivity index (χ0) is 11.5. The Kier molecular flexibility index (Phi) is 3.93. The van der Waals surface area contributed by atoms with Crippen LogP contribution in [0.3, 0.4) is 0 Å². The summed E-state index contributed by atoms with van der Waals surface area (Å²) >= 11 is 11.9. The molecular formula is C12H16Cl2N2. The van der Waals surface area contributed by atoms with Gasteiger partial charge in [-0.15, -0.1) is 0 Å². The third kappa shape index (κ3) is 2.80. The van der Waals surface area contributed by atoms with Crippen molar-refractivity contribution in [3.8, 4) is 0 Å². The van der Waals surface area contributed by atoms with E-state index in [9.17, 15) is 0 Å². The Labute approximate surface area is 106 Å². The summed E-state index contributed by atoms with van der Waals surface area (Å²) in [5.74, 6) is 0. The van der Waals surface area contributed by atoms with Crippen LogP contribution < -0.4 is 5.32 Å². The number of nitrogens with zero attached hydrogens (tertiary/aromatic N) is 1. The lowest BCUT2D eigenvalue weighted by Crippen LogP contribution is -2.23. The Morgan fingerprint density at radius 3 is 2.56 bits per heavy atom. The van der Waals surface area contributed by atoms with Gasteiger partial charge < -0.3 is 5.32 Å². The number of rotatable bonds is 2. The Morgan fingerprint density at radius 1 is 1.25 bits per heavy atom. The maximum absolute atomic E-state index is 6.10. The summed E-state index contributed by atoms with van der Waals surface area (Å²) in [6, 6.07) is 2.38. The fraction of sp³-hybridized carbons (Fsp3) is 0.583. The number of pyridine rings is 1. The number of anilines is 1. The monoisotopic (exact) mass is 258 g/mol. The van der Waals surface area contributed by atoms with Crippen LogP contribution in [0.15, 0.2) is 6.07 Å². The highest BCUT2D eigenvalue weighted by atomic mass is 35.5. The van der Waals surface area contributed by atoms with Gasteiger partial charge >= 0.3 is 0 Å². The molecule has 1 aromatic rings. The topological polar surface area (TPSA) is 24.9 Å². The molecule has 1 aliphatic rings. The van der Waals surface area contributed by atoms with E-state index >= 15 is 0 Å². The molecule has 0 bridgehead atoms. The second kappa shape index (κ2) is 5.24. The van der Waals surface area contributed by atoms with Gasteiger partial charge in [-0.3, -0.25) is 0 Å². The van der Waals surface area contributed by atoms with E-state index in [0.29, 0.717) is 16.3 Å². The van der Waals surface area contributed by atoms with Gasteiger partial charge in [0, 0.05) is 6.04 Å². The Bertz CT molecular complexity index is 350. The van der Waals surface area contributed by atoms with Crippen LogP contribution in [-0.2, 0) is 0 Å². The molecule has 1 N–H and O–H groups in total. The molecular weight excluding hydrogens is 243 g/mol. The Morgan fingerprint density at radius 2 is 1.94 bits per heavy atom. The smallest absolute Gasteiger partial charge is 0.154 e. The van der Waals surface area contributed by atoms with E-state index in [4.69, 9.17) is 23.2 Å². The molecule has 0 unspecified atom stereocenters. The molecule has 0 atom stereocenters. The highest BCUT2D eigenvalue weighted by Gasteiger charge is 2.16. The quantitative estimate of drug-likeness (QED) is 0.794. The third-order valence-corrected chi connectivity index (χ3v) is 3.56. The number of nitrogens with one attached hydrogen (secondary N) is 1.